The highest BCUT2D eigenvalue weighted by Gasteiger charge is 2.50. The second kappa shape index (κ2) is 4.44. The van der Waals surface area contributed by atoms with Gasteiger partial charge in [-0.25, -0.2) is 4.79 Å². The Morgan fingerprint density at radius 1 is 1.65 bits per heavy atom. The Bertz CT molecular complexity index is 391. The third kappa shape index (κ3) is 2.63. The topological polar surface area (TPSA) is 51.5 Å². The summed E-state index contributed by atoms with van der Waals surface area (Å²) in [6, 6.07) is 3.42. The molecule has 1 aliphatic heterocycles. The molecule has 1 unspecified atom stereocenters. The van der Waals surface area contributed by atoms with Crippen molar-refractivity contribution in [3.8, 4) is 0 Å². The fourth-order valence-electron chi connectivity index (χ4n) is 1.71. The largest absolute Gasteiger partial charge is 0.468 e. The molecular formula is C11H13F2NO3. The number of cyclic esters (lactones) is 1. The van der Waals surface area contributed by atoms with Crippen LogP contribution in [0.25, 0.3) is 0 Å². The van der Waals surface area contributed by atoms with E-state index in [-0.39, 0.29) is 12.6 Å². The van der Waals surface area contributed by atoms with Gasteiger partial charge in [0.15, 0.2) is 0 Å². The molecular weight excluding hydrogens is 232 g/mol. The standard InChI is InChI=1S/C11H13F2NO3/c1-7(9-3-2-4-16-9)14-6-8-5-11(12,13)10(15)17-8/h2-4,7-8,14H,5-6H2,1H3/t7-,8?/m0/s1. The second-order valence-corrected chi connectivity index (χ2v) is 4.08. The first kappa shape index (κ1) is 12.0. The molecule has 2 atom stereocenters. The van der Waals surface area contributed by atoms with E-state index in [2.05, 4.69) is 10.1 Å². The lowest BCUT2D eigenvalue weighted by molar-refractivity contribution is -0.159. The van der Waals surface area contributed by atoms with Crippen LogP contribution in [0.4, 0.5) is 8.78 Å². The fourth-order valence-corrected chi connectivity index (χ4v) is 1.71. The fraction of sp³-hybridized carbons (Fsp3) is 0.545. The van der Waals surface area contributed by atoms with Gasteiger partial charge in [-0.1, -0.05) is 0 Å². The second-order valence-electron chi connectivity index (χ2n) is 4.08. The molecule has 0 saturated carbocycles. The Morgan fingerprint density at radius 3 is 2.94 bits per heavy atom. The Labute approximate surface area is 96.9 Å². The molecule has 2 rings (SSSR count). The maximum absolute atomic E-state index is 12.9. The van der Waals surface area contributed by atoms with E-state index in [0.29, 0.717) is 5.76 Å². The third-order valence-electron chi connectivity index (χ3n) is 2.68. The molecule has 17 heavy (non-hydrogen) atoms. The summed E-state index contributed by atoms with van der Waals surface area (Å²) in [6.45, 7) is 2.02. The normalized spacial score (nSPS) is 24.6. The van der Waals surface area contributed by atoms with Gasteiger partial charge >= 0.3 is 11.9 Å². The summed E-state index contributed by atoms with van der Waals surface area (Å²) >= 11 is 0. The van der Waals surface area contributed by atoms with Crippen LogP contribution in [0.15, 0.2) is 22.8 Å². The molecule has 6 heteroatoms. The molecule has 1 aliphatic rings. The summed E-state index contributed by atoms with van der Waals surface area (Å²) in [5.41, 5.74) is 0. The molecule has 1 aromatic heterocycles. The van der Waals surface area contributed by atoms with Gasteiger partial charge in [0.25, 0.3) is 0 Å². The van der Waals surface area contributed by atoms with Crippen molar-refractivity contribution in [2.75, 3.05) is 6.54 Å². The lowest BCUT2D eigenvalue weighted by Gasteiger charge is -2.14. The summed E-state index contributed by atoms with van der Waals surface area (Å²) in [6.07, 6.45) is 0.191. The van der Waals surface area contributed by atoms with Crippen molar-refractivity contribution in [1.29, 1.82) is 0 Å². The molecule has 94 valence electrons. The molecule has 0 amide bonds. The number of esters is 1. The SMILES string of the molecule is C[C@H](NCC1CC(F)(F)C(=O)O1)c1ccco1. The van der Waals surface area contributed by atoms with Gasteiger partial charge in [-0.2, -0.15) is 8.78 Å². The Morgan fingerprint density at radius 2 is 2.41 bits per heavy atom. The predicted octanol–water partition coefficient (Wildman–Crippen LogP) is 1.88. The van der Waals surface area contributed by atoms with Crippen molar-refractivity contribution in [3.05, 3.63) is 24.2 Å². The van der Waals surface area contributed by atoms with Gasteiger partial charge in [0.05, 0.1) is 18.7 Å². The molecule has 0 aromatic carbocycles. The van der Waals surface area contributed by atoms with E-state index < -0.39 is 24.4 Å². The number of rotatable bonds is 4. The quantitative estimate of drug-likeness (QED) is 0.823. The highest BCUT2D eigenvalue weighted by atomic mass is 19.3. The van der Waals surface area contributed by atoms with E-state index in [1.807, 2.05) is 6.92 Å². The summed E-state index contributed by atoms with van der Waals surface area (Å²) in [5, 5.41) is 2.98. The summed E-state index contributed by atoms with van der Waals surface area (Å²) in [5.74, 6) is -4.07. The molecule has 0 bridgehead atoms. The molecule has 0 spiro atoms. The number of alkyl halides is 2. The van der Waals surface area contributed by atoms with E-state index in [4.69, 9.17) is 4.42 Å². The van der Waals surface area contributed by atoms with Crippen LogP contribution in [-0.2, 0) is 9.53 Å². The smallest absolute Gasteiger partial charge is 0.377 e. The maximum Gasteiger partial charge on any atom is 0.377 e. The van der Waals surface area contributed by atoms with Crippen LogP contribution in [0.1, 0.15) is 25.1 Å². The average Bonchev–Trinajstić information content (AvgIpc) is 2.85. The Kier molecular flexibility index (Phi) is 3.15. The summed E-state index contributed by atoms with van der Waals surface area (Å²) in [7, 11) is 0. The van der Waals surface area contributed by atoms with Crippen molar-refractivity contribution in [3.63, 3.8) is 0 Å². The third-order valence-corrected chi connectivity index (χ3v) is 2.68. The predicted molar refractivity (Wildman–Crippen MR) is 54.6 cm³/mol. The molecule has 1 aromatic rings. The van der Waals surface area contributed by atoms with Crippen LogP contribution in [-0.4, -0.2) is 24.5 Å². The number of nitrogens with one attached hydrogen (secondary N) is 1. The van der Waals surface area contributed by atoms with Crippen LogP contribution in [0.5, 0.6) is 0 Å². The van der Waals surface area contributed by atoms with Gasteiger partial charge in [0, 0.05) is 6.54 Å². The minimum absolute atomic E-state index is 0.113. The van der Waals surface area contributed by atoms with E-state index in [1.54, 1.807) is 12.1 Å². The van der Waals surface area contributed by atoms with Crippen LogP contribution < -0.4 is 5.32 Å². The van der Waals surface area contributed by atoms with Crippen molar-refractivity contribution in [2.45, 2.75) is 31.4 Å². The zero-order chi connectivity index (χ0) is 12.5. The molecule has 4 nitrogen and oxygen atoms in total. The monoisotopic (exact) mass is 245 g/mol. The summed E-state index contributed by atoms with van der Waals surface area (Å²) < 4.78 is 35.4. The number of carbonyl (C=O) groups excluding carboxylic acids is 1. The van der Waals surface area contributed by atoms with E-state index >= 15 is 0 Å². The van der Waals surface area contributed by atoms with Crippen LogP contribution in [0.2, 0.25) is 0 Å². The highest BCUT2D eigenvalue weighted by Crippen LogP contribution is 2.30. The van der Waals surface area contributed by atoms with Gasteiger partial charge < -0.3 is 14.5 Å². The zero-order valence-corrected chi connectivity index (χ0v) is 9.28. The van der Waals surface area contributed by atoms with Gasteiger partial charge in [-0.05, 0) is 19.1 Å². The van der Waals surface area contributed by atoms with Crippen molar-refractivity contribution in [1.82, 2.24) is 5.32 Å². The summed E-state index contributed by atoms with van der Waals surface area (Å²) in [4.78, 5) is 10.8. The van der Waals surface area contributed by atoms with Gasteiger partial charge in [-0.15, -0.1) is 0 Å². The van der Waals surface area contributed by atoms with E-state index in [0.717, 1.165) is 0 Å². The van der Waals surface area contributed by atoms with Gasteiger partial charge in [0.2, 0.25) is 0 Å². The van der Waals surface area contributed by atoms with Crippen LogP contribution in [0, 0.1) is 0 Å². The molecule has 1 saturated heterocycles. The first-order valence-corrected chi connectivity index (χ1v) is 5.35. The molecule has 1 fully saturated rings. The minimum atomic E-state index is -3.35. The zero-order valence-electron chi connectivity index (χ0n) is 9.28. The van der Waals surface area contributed by atoms with Crippen LogP contribution in [0.3, 0.4) is 0 Å². The number of hydrogen-bond donors (Lipinski definition) is 1. The van der Waals surface area contributed by atoms with Gasteiger partial charge in [-0.3, -0.25) is 0 Å². The van der Waals surface area contributed by atoms with Crippen molar-refractivity contribution in [2.24, 2.45) is 0 Å². The average molecular weight is 245 g/mol. The number of ether oxygens (including phenoxy) is 1. The minimum Gasteiger partial charge on any atom is -0.468 e. The number of hydrogen-bond acceptors (Lipinski definition) is 4. The molecule has 1 N–H and O–H groups in total. The van der Waals surface area contributed by atoms with Crippen LogP contribution >= 0.6 is 0 Å². The van der Waals surface area contributed by atoms with Crippen molar-refractivity contribution >= 4 is 5.97 Å². The first-order chi connectivity index (χ1) is 7.99. The number of furan rings is 1. The Balaban J connectivity index is 1.82. The molecule has 0 aliphatic carbocycles. The van der Waals surface area contributed by atoms with Crippen molar-refractivity contribution < 1.29 is 22.7 Å². The highest BCUT2D eigenvalue weighted by molar-refractivity contribution is 5.79. The number of carbonyl (C=O) groups is 1. The van der Waals surface area contributed by atoms with E-state index in [9.17, 15) is 13.6 Å². The van der Waals surface area contributed by atoms with E-state index in [1.165, 1.54) is 6.26 Å². The lowest BCUT2D eigenvalue weighted by Crippen LogP contribution is -2.29. The maximum atomic E-state index is 12.9. The van der Waals surface area contributed by atoms with Gasteiger partial charge in [0.1, 0.15) is 11.9 Å². The first-order valence-electron chi connectivity index (χ1n) is 5.35. The lowest BCUT2D eigenvalue weighted by atomic mass is 10.2. The number of halogens is 2. The molecule has 2 heterocycles. The molecule has 0 radical (unpaired) electrons. The Hall–Kier alpha value is -1.43.